The first-order valence-electron chi connectivity index (χ1n) is 5.96. The summed E-state index contributed by atoms with van der Waals surface area (Å²) in [5, 5.41) is 2.93. The summed E-state index contributed by atoms with van der Waals surface area (Å²) in [7, 11) is 0. The molecule has 0 saturated heterocycles. The van der Waals surface area contributed by atoms with Gasteiger partial charge in [-0.15, -0.1) is 0 Å². The van der Waals surface area contributed by atoms with Gasteiger partial charge in [0.15, 0.2) is 5.43 Å². The number of carbonyl (C=O) groups is 1. The molecule has 4 heteroatoms. The normalized spacial score (nSPS) is 22.4. The minimum absolute atomic E-state index is 0.192. The molecule has 1 atom stereocenters. The second-order valence-electron chi connectivity index (χ2n) is 5.50. The molecule has 0 aromatic carbocycles. The molecule has 1 saturated carbocycles. The Morgan fingerprint density at radius 3 is 2.88 bits per heavy atom. The van der Waals surface area contributed by atoms with E-state index in [1.54, 1.807) is 0 Å². The highest BCUT2D eigenvalue weighted by Crippen LogP contribution is 2.36. The molecule has 0 bridgehead atoms. The quantitative estimate of drug-likeness (QED) is 0.818. The summed E-state index contributed by atoms with van der Waals surface area (Å²) >= 11 is 0. The van der Waals surface area contributed by atoms with Gasteiger partial charge >= 0.3 is 0 Å². The number of hydrogen-bond donors (Lipinski definition) is 2. The van der Waals surface area contributed by atoms with Gasteiger partial charge in [0.25, 0.3) is 5.91 Å². The van der Waals surface area contributed by atoms with Gasteiger partial charge in [0.05, 0.1) is 0 Å². The monoisotopic (exact) mass is 234 g/mol. The number of H-pyrrole nitrogens is 1. The highest BCUT2D eigenvalue weighted by atomic mass is 16.2. The van der Waals surface area contributed by atoms with Crippen molar-refractivity contribution in [2.24, 2.45) is 5.41 Å². The lowest BCUT2D eigenvalue weighted by atomic mass is 9.92. The minimum atomic E-state index is -0.269. The summed E-state index contributed by atoms with van der Waals surface area (Å²) < 4.78 is 0. The molecule has 2 rings (SSSR count). The molecule has 2 N–H and O–H groups in total. The smallest absolute Gasteiger partial charge is 0.256 e. The predicted octanol–water partition coefficient (Wildman–Crippen LogP) is 1.68. The summed E-state index contributed by atoms with van der Waals surface area (Å²) in [4.78, 5) is 26.1. The van der Waals surface area contributed by atoms with Crippen LogP contribution in [0.15, 0.2) is 23.3 Å². The lowest BCUT2D eigenvalue weighted by Gasteiger charge is -2.17. The van der Waals surface area contributed by atoms with Crippen LogP contribution in [-0.2, 0) is 0 Å². The maximum absolute atomic E-state index is 11.9. The molecule has 1 aliphatic rings. The van der Waals surface area contributed by atoms with Crippen LogP contribution in [0.4, 0.5) is 0 Å². The summed E-state index contributed by atoms with van der Waals surface area (Å²) in [6.45, 7) is 4.41. The van der Waals surface area contributed by atoms with Crippen LogP contribution in [0.25, 0.3) is 0 Å². The molecule has 0 radical (unpaired) electrons. The molecule has 1 amide bonds. The van der Waals surface area contributed by atoms with Gasteiger partial charge in [-0.3, -0.25) is 9.59 Å². The van der Waals surface area contributed by atoms with Crippen molar-refractivity contribution in [2.45, 2.75) is 39.2 Å². The van der Waals surface area contributed by atoms with Crippen molar-refractivity contribution in [1.82, 2.24) is 10.3 Å². The Kier molecular flexibility index (Phi) is 3.05. The first kappa shape index (κ1) is 11.9. The highest BCUT2D eigenvalue weighted by molar-refractivity contribution is 5.93. The largest absolute Gasteiger partial charge is 0.367 e. The van der Waals surface area contributed by atoms with Gasteiger partial charge in [0.2, 0.25) is 0 Å². The van der Waals surface area contributed by atoms with Crippen LogP contribution < -0.4 is 10.7 Å². The average molecular weight is 234 g/mol. The maximum Gasteiger partial charge on any atom is 0.256 e. The van der Waals surface area contributed by atoms with E-state index in [0.29, 0.717) is 5.41 Å². The van der Waals surface area contributed by atoms with Crippen molar-refractivity contribution in [2.75, 3.05) is 0 Å². The summed E-state index contributed by atoms with van der Waals surface area (Å²) in [6.07, 6.45) is 6.06. The lowest BCUT2D eigenvalue weighted by Crippen LogP contribution is -2.36. The second kappa shape index (κ2) is 4.35. The van der Waals surface area contributed by atoms with Gasteiger partial charge in [0, 0.05) is 24.5 Å². The fourth-order valence-electron chi connectivity index (χ4n) is 2.42. The fourth-order valence-corrected chi connectivity index (χ4v) is 2.42. The number of aromatic nitrogens is 1. The van der Waals surface area contributed by atoms with Crippen LogP contribution in [0.2, 0.25) is 0 Å². The van der Waals surface area contributed by atoms with E-state index in [9.17, 15) is 9.59 Å². The Morgan fingerprint density at radius 1 is 1.53 bits per heavy atom. The number of pyridine rings is 1. The van der Waals surface area contributed by atoms with Crippen molar-refractivity contribution in [3.8, 4) is 0 Å². The van der Waals surface area contributed by atoms with Gasteiger partial charge in [-0.2, -0.15) is 0 Å². The van der Waals surface area contributed by atoms with Crippen LogP contribution in [0.5, 0.6) is 0 Å². The molecule has 1 aromatic rings. The van der Waals surface area contributed by atoms with E-state index in [1.165, 1.54) is 18.5 Å². The Hall–Kier alpha value is -1.58. The van der Waals surface area contributed by atoms with Gasteiger partial charge in [-0.25, -0.2) is 0 Å². The van der Waals surface area contributed by atoms with E-state index in [4.69, 9.17) is 0 Å². The number of carbonyl (C=O) groups excluding carboxylic acids is 1. The zero-order valence-electron chi connectivity index (χ0n) is 10.2. The van der Waals surface area contributed by atoms with E-state index in [1.807, 2.05) is 0 Å². The number of hydrogen-bond acceptors (Lipinski definition) is 2. The highest BCUT2D eigenvalue weighted by Gasteiger charge is 2.31. The molecule has 1 aliphatic carbocycles. The third-order valence-electron chi connectivity index (χ3n) is 3.37. The average Bonchev–Trinajstić information content (AvgIpc) is 2.58. The van der Waals surface area contributed by atoms with E-state index in [-0.39, 0.29) is 22.9 Å². The molecular formula is C13H18N2O2. The minimum Gasteiger partial charge on any atom is -0.367 e. The molecule has 0 aliphatic heterocycles. The lowest BCUT2D eigenvalue weighted by molar-refractivity contribution is 0.0934. The molecule has 17 heavy (non-hydrogen) atoms. The van der Waals surface area contributed by atoms with Gasteiger partial charge in [-0.05, 0) is 24.7 Å². The Labute approximate surface area is 100 Å². The zero-order valence-corrected chi connectivity index (χ0v) is 10.2. The van der Waals surface area contributed by atoms with Gasteiger partial charge in [0.1, 0.15) is 5.56 Å². The molecule has 92 valence electrons. The van der Waals surface area contributed by atoms with Crippen LogP contribution in [0.1, 0.15) is 43.5 Å². The van der Waals surface area contributed by atoms with E-state index in [2.05, 4.69) is 24.1 Å². The molecule has 0 spiro atoms. The number of aromatic amines is 1. The van der Waals surface area contributed by atoms with Crippen LogP contribution in [0, 0.1) is 5.41 Å². The number of nitrogens with one attached hydrogen (secondary N) is 2. The van der Waals surface area contributed by atoms with Gasteiger partial charge in [-0.1, -0.05) is 13.8 Å². The Bertz CT molecular complexity index is 476. The summed E-state index contributed by atoms with van der Waals surface area (Å²) in [5.74, 6) is -0.269. The Morgan fingerprint density at radius 2 is 2.29 bits per heavy atom. The third kappa shape index (κ3) is 2.75. The second-order valence-corrected chi connectivity index (χ2v) is 5.50. The van der Waals surface area contributed by atoms with Crippen LogP contribution >= 0.6 is 0 Å². The van der Waals surface area contributed by atoms with E-state index < -0.39 is 0 Å². The molecule has 1 aromatic heterocycles. The third-order valence-corrected chi connectivity index (χ3v) is 3.37. The summed E-state index contributed by atoms with van der Waals surface area (Å²) in [5.41, 5.74) is 0.247. The first-order valence-corrected chi connectivity index (χ1v) is 5.96. The van der Waals surface area contributed by atoms with Crippen LogP contribution in [0.3, 0.4) is 0 Å². The van der Waals surface area contributed by atoms with Crippen molar-refractivity contribution in [3.05, 3.63) is 34.2 Å². The molecular weight excluding hydrogens is 216 g/mol. The molecule has 1 heterocycles. The molecule has 4 nitrogen and oxygen atoms in total. The molecule has 1 fully saturated rings. The topological polar surface area (TPSA) is 62.0 Å². The maximum atomic E-state index is 11.9. The van der Waals surface area contributed by atoms with Crippen molar-refractivity contribution >= 4 is 5.91 Å². The Balaban J connectivity index is 2.04. The van der Waals surface area contributed by atoms with Crippen molar-refractivity contribution < 1.29 is 4.79 Å². The van der Waals surface area contributed by atoms with E-state index >= 15 is 0 Å². The van der Waals surface area contributed by atoms with Crippen LogP contribution in [-0.4, -0.2) is 16.9 Å². The van der Waals surface area contributed by atoms with Gasteiger partial charge < -0.3 is 10.3 Å². The SMILES string of the molecule is CC1(C)CCC(NC(=O)c2c[nH]ccc2=O)C1. The molecule has 1 unspecified atom stereocenters. The number of amides is 1. The van der Waals surface area contributed by atoms with Crippen molar-refractivity contribution in [3.63, 3.8) is 0 Å². The van der Waals surface area contributed by atoms with Crippen molar-refractivity contribution in [1.29, 1.82) is 0 Å². The first-order chi connectivity index (χ1) is 7.98. The number of rotatable bonds is 2. The predicted molar refractivity (Wildman–Crippen MR) is 65.9 cm³/mol. The zero-order chi connectivity index (χ0) is 12.5. The fraction of sp³-hybridized carbons (Fsp3) is 0.538. The van der Waals surface area contributed by atoms with E-state index in [0.717, 1.165) is 19.3 Å². The summed E-state index contributed by atoms with van der Waals surface area (Å²) in [6, 6.07) is 1.56. The standard InChI is InChI=1S/C13H18N2O2/c1-13(2)5-3-9(7-13)15-12(17)10-8-14-6-4-11(10)16/h4,6,8-9H,3,5,7H2,1-2H3,(H,14,16)(H,15,17).